The summed E-state index contributed by atoms with van der Waals surface area (Å²) in [5.74, 6) is 0.00568. The molecule has 5 nitrogen and oxygen atoms in total. The Bertz CT molecular complexity index is 486. The predicted octanol–water partition coefficient (Wildman–Crippen LogP) is 1.08. The van der Waals surface area contributed by atoms with Gasteiger partial charge in [0.25, 0.3) is 5.91 Å². The Morgan fingerprint density at radius 1 is 1.24 bits per heavy atom. The fourth-order valence-corrected chi connectivity index (χ4v) is 2.31. The third kappa shape index (κ3) is 4.56. The lowest BCUT2D eigenvalue weighted by Gasteiger charge is -2.20. The SMILES string of the molecule is CC(NC(=O)c1ccccc1)C(=O)NC(CCO)C1CC1. The number of rotatable bonds is 7. The predicted molar refractivity (Wildman–Crippen MR) is 79.7 cm³/mol. The van der Waals surface area contributed by atoms with Gasteiger partial charge in [0.2, 0.25) is 5.91 Å². The molecule has 1 aromatic carbocycles. The zero-order valence-electron chi connectivity index (χ0n) is 12.2. The molecule has 2 amide bonds. The number of carbonyl (C=O) groups is 2. The number of hydrogen-bond acceptors (Lipinski definition) is 3. The summed E-state index contributed by atoms with van der Waals surface area (Å²) in [7, 11) is 0. The van der Waals surface area contributed by atoms with E-state index in [0.717, 1.165) is 12.8 Å². The topological polar surface area (TPSA) is 78.4 Å². The van der Waals surface area contributed by atoms with Crippen molar-refractivity contribution < 1.29 is 14.7 Å². The van der Waals surface area contributed by atoms with Crippen molar-refractivity contribution in [1.82, 2.24) is 10.6 Å². The van der Waals surface area contributed by atoms with Gasteiger partial charge in [-0.3, -0.25) is 9.59 Å². The molecule has 0 saturated heterocycles. The molecule has 0 heterocycles. The van der Waals surface area contributed by atoms with Gasteiger partial charge in [-0.15, -0.1) is 0 Å². The van der Waals surface area contributed by atoms with E-state index in [4.69, 9.17) is 5.11 Å². The molecule has 1 aliphatic rings. The van der Waals surface area contributed by atoms with E-state index >= 15 is 0 Å². The minimum atomic E-state index is -0.599. The number of aliphatic hydroxyl groups is 1. The van der Waals surface area contributed by atoms with E-state index in [9.17, 15) is 9.59 Å². The highest BCUT2D eigenvalue weighted by atomic mass is 16.3. The summed E-state index contributed by atoms with van der Waals surface area (Å²) in [5.41, 5.74) is 0.534. The first-order valence-electron chi connectivity index (χ1n) is 7.39. The molecular weight excluding hydrogens is 268 g/mol. The molecular formula is C16H22N2O3. The first-order valence-corrected chi connectivity index (χ1v) is 7.39. The number of hydrogen-bond donors (Lipinski definition) is 3. The maximum absolute atomic E-state index is 12.1. The van der Waals surface area contributed by atoms with Crippen LogP contribution in [-0.2, 0) is 4.79 Å². The molecule has 1 fully saturated rings. The van der Waals surface area contributed by atoms with Gasteiger partial charge < -0.3 is 15.7 Å². The van der Waals surface area contributed by atoms with E-state index in [1.165, 1.54) is 0 Å². The standard InChI is InChI=1S/C16H22N2O3/c1-11(17-16(21)13-5-3-2-4-6-13)15(20)18-14(9-10-19)12-7-8-12/h2-6,11-12,14,19H,7-10H2,1H3,(H,17,21)(H,18,20). The zero-order valence-corrected chi connectivity index (χ0v) is 12.2. The summed E-state index contributed by atoms with van der Waals surface area (Å²) >= 11 is 0. The Kier molecular flexibility index (Phi) is 5.33. The maximum Gasteiger partial charge on any atom is 0.251 e. The van der Waals surface area contributed by atoms with Crippen LogP contribution >= 0.6 is 0 Å². The van der Waals surface area contributed by atoms with Gasteiger partial charge >= 0.3 is 0 Å². The smallest absolute Gasteiger partial charge is 0.251 e. The van der Waals surface area contributed by atoms with Crippen LogP contribution in [0.2, 0.25) is 0 Å². The Morgan fingerprint density at radius 3 is 2.48 bits per heavy atom. The fraction of sp³-hybridized carbons (Fsp3) is 0.500. The minimum absolute atomic E-state index is 0.0126. The van der Waals surface area contributed by atoms with Crippen molar-refractivity contribution in [2.75, 3.05) is 6.61 Å². The summed E-state index contributed by atoms with van der Waals surface area (Å²) < 4.78 is 0. The lowest BCUT2D eigenvalue weighted by atomic mass is 10.1. The van der Waals surface area contributed by atoms with Crippen LogP contribution in [0.5, 0.6) is 0 Å². The highest BCUT2D eigenvalue weighted by molar-refractivity contribution is 5.97. The van der Waals surface area contributed by atoms with E-state index in [0.29, 0.717) is 17.9 Å². The first-order chi connectivity index (χ1) is 10.1. The van der Waals surface area contributed by atoms with Gasteiger partial charge in [0.05, 0.1) is 0 Å². The van der Waals surface area contributed by atoms with E-state index in [-0.39, 0.29) is 24.5 Å². The van der Waals surface area contributed by atoms with E-state index in [2.05, 4.69) is 10.6 Å². The largest absolute Gasteiger partial charge is 0.396 e. The van der Waals surface area contributed by atoms with E-state index in [1.807, 2.05) is 6.07 Å². The average molecular weight is 290 g/mol. The summed E-state index contributed by atoms with van der Waals surface area (Å²) in [6, 6.07) is 8.23. The molecule has 0 aromatic heterocycles. The Morgan fingerprint density at radius 2 is 1.90 bits per heavy atom. The van der Waals surface area contributed by atoms with Gasteiger partial charge in [0.1, 0.15) is 6.04 Å². The molecule has 2 atom stereocenters. The summed E-state index contributed by atoms with van der Waals surface area (Å²) in [5, 5.41) is 14.6. The van der Waals surface area contributed by atoms with Crippen molar-refractivity contribution in [3.63, 3.8) is 0 Å². The monoisotopic (exact) mass is 290 g/mol. The van der Waals surface area contributed by atoms with Crippen LogP contribution in [-0.4, -0.2) is 35.6 Å². The van der Waals surface area contributed by atoms with Crippen LogP contribution in [0.3, 0.4) is 0 Å². The zero-order chi connectivity index (χ0) is 15.2. The highest BCUT2D eigenvalue weighted by Gasteiger charge is 2.32. The van der Waals surface area contributed by atoms with Crippen LogP contribution in [0.25, 0.3) is 0 Å². The van der Waals surface area contributed by atoms with Gasteiger partial charge in [-0.05, 0) is 44.2 Å². The second-order valence-corrected chi connectivity index (χ2v) is 5.53. The fourth-order valence-electron chi connectivity index (χ4n) is 2.31. The number of amides is 2. The van der Waals surface area contributed by atoms with E-state index in [1.54, 1.807) is 31.2 Å². The molecule has 2 unspecified atom stereocenters. The number of benzene rings is 1. The van der Waals surface area contributed by atoms with Gasteiger partial charge in [-0.2, -0.15) is 0 Å². The number of aliphatic hydroxyl groups excluding tert-OH is 1. The molecule has 0 spiro atoms. The van der Waals surface area contributed by atoms with Crippen molar-refractivity contribution in [3.05, 3.63) is 35.9 Å². The normalized spacial score (nSPS) is 16.9. The third-order valence-electron chi connectivity index (χ3n) is 3.74. The molecule has 21 heavy (non-hydrogen) atoms. The number of nitrogens with one attached hydrogen (secondary N) is 2. The van der Waals surface area contributed by atoms with Crippen molar-refractivity contribution in [3.8, 4) is 0 Å². The molecule has 5 heteroatoms. The molecule has 3 N–H and O–H groups in total. The van der Waals surface area contributed by atoms with Crippen LogP contribution in [0.4, 0.5) is 0 Å². The van der Waals surface area contributed by atoms with Gasteiger partial charge in [-0.25, -0.2) is 0 Å². The first kappa shape index (κ1) is 15.5. The van der Waals surface area contributed by atoms with Crippen LogP contribution in [0.15, 0.2) is 30.3 Å². The quantitative estimate of drug-likeness (QED) is 0.703. The highest BCUT2D eigenvalue weighted by Crippen LogP contribution is 2.33. The lowest BCUT2D eigenvalue weighted by molar-refractivity contribution is -0.123. The Balaban J connectivity index is 1.85. The van der Waals surface area contributed by atoms with Crippen molar-refractivity contribution in [1.29, 1.82) is 0 Å². The van der Waals surface area contributed by atoms with E-state index < -0.39 is 6.04 Å². The summed E-state index contributed by atoms with van der Waals surface area (Å²) in [6.07, 6.45) is 2.75. The molecule has 114 valence electrons. The van der Waals surface area contributed by atoms with Gasteiger partial charge in [-0.1, -0.05) is 18.2 Å². The van der Waals surface area contributed by atoms with Crippen LogP contribution < -0.4 is 10.6 Å². The molecule has 2 rings (SSSR count). The molecule has 0 aliphatic heterocycles. The number of carbonyl (C=O) groups excluding carboxylic acids is 2. The molecule has 1 aromatic rings. The van der Waals surface area contributed by atoms with Gasteiger partial charge in [0, 0.05) is 18.2 Å². The second kappa shape index (κ2) is 7.22. The molecule has 1 aliphatic carbocycles. The molecule has 0 radical (unpaired) electrons. The Labute approximate surface area is 124 Å². The van der Waals surface area contributed by atoms with Crippen LogP contribution in [0, 0.1) is 5.92 Å². The minimum Gasteiger partial charge on any atom is -0.396 e. The lowest BCUT2D eigenvalue weighted by Crippen LogP contribution is -2.48. The second-order valence-electron chi connectivity index (χ2n) is 5.53. The van der Waals surface area contributed by atoms with Crippen molar-refractivity contribution in [2.24, 2.45) is 5.92 Å². The maximum atomic E-state index is 12.1. The molecule has 1 saturated carbocycles. The molecule has 0 bridgehead atoms. The third-order valence-corrected chi connectivity index (χ3v) is 3.74. The Hall–Kier alpha value is -1.88. The average Bonchev–Trinajstić information content (AvgIpc) is 3.32. The summed E-state index contributed by atoms with van der Waals surface area (Å²) in [6.45, 7) is 1.73. The van der Waals surface area contributed by atoms with Gasteiger partial charge in [0.15, 0.2) is 0 Å². The van der Waals surface area contributed by atoms with Crippen LogP contribution in [0.1, 0.15) is 36.5 Å². The van der Waals surface area contributed by atoms with Crippen molar-refractivity contribution in [2.45, 2.75) is 38.3 Å². The van der Waals surface area contributed by atoms with Crippen molar-refractivity contribution >= 4 is 11.8 Å². The summed E-state index contributed by atoms with van der Waals surface area (Å²) in [4.78, 5) is 24.1.